The molecule has 0 radical (unpaired) electrons. The first-order valence-corrected chi connectivity index (χ1v) is 10.3. The Bertz CT molecular complexity index is 751. The highest BCUT2D eigenvalue weighted by Crippen LogP contribution is 2.26. The number of hydrogen-bond donors (Lipinski definition) is 1. The fraction of sp³-hybridized carbons (Fsp3) is 0.458. The molecular weight excluding hydrogens is 350 g/mol. The van der Waals surface area contributed by atoms with E-state index in [1.54, 1.807) is 0 Å². The first kappa shape index (κ1) is 20.6. The molecule has 0 bridgehead atoms. The molecule has 2 aromatic rings. The van der Waals surface area contributed by atoms with Gasteiger partial charge in [-0.05, 0) is 43.5 Å². The number of nitrogens with zero attached hydrogens (tertiary/aromatic N) is 1. The van der Waals surface area contributed by atoms with Crippen LogP contribution in [0.25, 0.3) is 0 Å². The first-order valence-electron chi connectivity index (χ1n) is 10.3. The van der Waals surface area contributed by atoms with Crippen molar-refractivity contribution >= 4 is 5.78 Å². The van der Waals surface area contributed by atoms with Gasteiger partial charge in [-0.2, -0.15) is 0 Å². The lowest BCUT2D eigenvalue weighted by molar-refractivity contribution is 0.0521. The zero-order valence-electron chi connectivity index (χ0n) is 16.9. The molecule has 1 aliphatic heterocycles. The van der Waals surface area contributed by atoms with Gasteiger partial charge in [0.2, 0.25) is 0 Å². The number of aliphatic hydroxyl groups excluding tert-OH is 1. The number of hydrogen-bond acceptors (Lipinski definition) is 4. The number of ether oxygens (including phenoxy) is 1. The summed E-state index contributed by atoms with van der Waals surface area (Å²) in [7, 11) is 0. The van der Waals surface area contributed by atoms with Gasteiger partial charge in [-0.1, -0.05) is 62.4 Å². The molecule has 4 heteroatoms. The van der Waals surface area contributed by atoms with Crippen molar-refractivity contribution in [1.82, 2.24) is 4.90 Å². The summed E-state index contributed by atoms with van der Waals surface area (Å²) < 4.78 is 5.89. The number of Topliss-reactive ketones (excluding diaryl/α,β-unsaturated/α-hetero) is 1. The van der Waals surface area contributed by atoms with Crippen LogP contribution in [0.2, 0.25) is 0 Å². The van der Waals surface area contributed by atoms with Crippen LogP contribution in [0.3, 0.4) is 0 Å². The van der Waals surface area contributed by atoms with E-state index in [0.717, 1.165) is 42.8 Å². The van der Waals surface area contributed by atoms with Crippen LogP contribution < -0.4 is 4.74 Å². The van der Waals surface area contributed by atoms with E-state index in [2.05, 4.69) is 24.8 Å². The Morgan fingerprint density at radius 1 is 1.07 bits per heavy atom. The van der Waals surface area contributed by atoms with E-state index in [9.17, 15) is 9.90 Å². The molecule has 1 atom stereocenters. The predicted octanol–water partition coefficient (Wildman–Crippen LogP) is 4.14. The Balaban J connectivity index is 1.44. The number of para-hydroxylation sites is 1. The molecule has 3 rings (SSSR count). The standard InChI is InChI=1S/C24H31NO3/c1-18(2)22-10-6-7-11-23(22)28-17-21(26)16-25-14-12-20(13-15-25)24(27)19-8-4-3-5-9-19/h3-11,18,20-21,26H,12-17H2,1-2H3/t21-/m0/s1. The van der Waals surface area contributed by atoms with Crippen LogP contribution in [0.5, 0.6) is 5.75 Å². The molecule has 1 fully saturated rings. The Hall–Kier alpha value is -2.17. The van der Waals surface area contributed by atoms with Gasteiger partial charge >= 0.3 is 0 Å². The van der Waals surface area contributed by atoms with E-state index in [4.69, 9.17) is 4.74 Å². The topological polar surface area (TPSA) is 49.8 Å². The minimum atomic E-state index is -0.540. The van der Waals surface area contributed by atoms with Crippen molar-refractivity contribution in [2.24, 2.45) is 5.92 Å². The second-order valence-electron chi connectivity index (χ2n) is 7.96. The average molecular weight is 382 g/mol. The van der Waals surface area contributed by atoms with Crippen molar-refractivity contribution in [2.75, 3.05) is 26.2 Å². The highest BCUT2D eigenvalue weighted by molar-refractivity contribution is 5.97. The van der Waals surface area contributed by atoms with Gasteiger partial charge < -0.3 is 14.7 Å². The Labute approximate surface area is 168 Å². The molecule has 0 unspecified atom stereocenters. The quantitative estimate of drug-likeness (QED) is 0.698. The Kier molecular flexibility index (Phi) is 7.24. The number of benzene rings is 2. The van der Waals surface area contributed by atoms with Crippen molar-refractivity contribution < 1.29 is 14.6 Å². The molecule has 1 N–H and O–H groups in total. The molecule has 2 aromatic carbocycles. The minimum absolute atomic E-state index is 0.0879. The molecule has 1 heterocycles. The molecule has 0 saturated carbocycles. The van der Waals surface area contributed by atoms with Gasteiger partial charge in [-0.25, -0.2) is 0 Å². The Morgan fingerprint density at radius 2 is 1.71 bits per heavy atom. The van der Waals surface area contributed by atoms with Crippen molar-refractivity contribution in [2.45, 2.75) is 38.7 Å². The van der Waals surface area contributed by atoms with Crippen LogP contribution in [0, 0.1) is 5.92 Å². The van der Waals surface area contributed by atoms with Crippen LogP contribution in [0.1, 0.15) is 48.5 Å². The molecule has 0 aliphatic carbocycles. The lowest BCUT2D eigenvalue weighted by Crippen LogP contribution is -2.42. The molecule has 1 aliphatic rings. The molecular formula is C24H31NO3. The summed E-state index contributed by atoms with van der Waals surface area (Å²) in [6, 6.07) is 17.6. The normalized spacial score (nSPS) is 16.9. The second-order valence-corrected chi connectivity index (χ2v) is 7.96. The van der Waals surface area contributed by atoms with Gasteiger partial charge in [-0.3, -0.25) is 4.79 Å². The van der Waals surface area contributed by atoms with Gasteiger partial charge in [-0.15, -0.1) is 0 Å². The summed E-state index contributed by atoms with van der Waals surface area (Å²) in [5.74, 6) is 1.57. The van der Waals surface area contributed by atoms with Gasteiger partial charge in [0.05, 0.1) is 0 Å². The van der Waals surface area contributed by atoms with Crippen LogP contribution in [-0.4, -0.2) is 48.1 Å². The number of likely N-dealkylation sites (tertiary alicyclic amines) is 1. The van der Waals surface area contributed by atoms with Gasteiger partial charge in [0.15, 0.2) is 5.78 Å². The predicted molar refractivity (Wildman–Crippen MR) is 112 cm³/mol. The number of carbonyl (C=O) groups is 1. The number of aliphatic hydroxyl groups is 1. The van der Waals surface area contributed by atoms with E-state index in [-0.39, 0.29) is 18.3 Å². The van der Waals surface area contributed by atoms with Crippen LogP contribution in [-0.2, 0) is 0 Å². The summed E-state index contributed by atoms with van der Waals surface area (Å²) in [5, 5.41) is 10.4. The third-order valence-corrected chi connectivity index (χ3v) is 5.46. The SMILES string of the molecule is CC(C)c1ccccc1OC[C@@H](O)CN1CCC(C(=O)c2ccccc2)CC1. The summed E-state index contributed by atoms with van der Waals surface area (Å²) in [5.41, 5.74) is 1.97. The molecule has 0 amide bonds. The van der Waals surface area contributed by atoms with E-state index in [1.807, 2.05) is 48.5 Å². The highest BCUT2D eigenvalue weighted by atomic mass is 16.5. The van der Waals surface area contributed by atoms with Crippen molar-refractivity contribution in [1.29, 1.82) is 0 Å². The number of rotatable bonds is 8. The van der Waals surface area contributed by atoms with E-state index in [1.165, 1.54) is 0 Å². The maximum absolute atomic E-state index is 12.6. The van der Waals surface area contributed by atoms with Crippen LogP contribution in [0.15, 0.2) is 54.6 Å². The summed E-state index contributed by atoms with van der Waals surface area (Å²) in [6.07, 6.45) is 1.15. The zero-order valence-corrected chi connectivity index (χ0v) is 16.9. The summed E-state index contributed by atoms with van der Waals surface area (Å²) in [4.78, 5) is 14.8. The summed E-state index contributed by atoms with van der Waals surface area (Å²) >= 11 is 0. The van der Waals surface area contributed by atoms with E-state index < -0.39 is 6.10 Å². The molecule has 28 heavy (non-hydrogen) atoms. The average Bonchev–Trinajstić information content (AvgIpc) is 2.73. The first-order chi connectivity index (χ1) is 13.5. The van der Waals surface area contributed by atoms with Crippen molar-refractivity contribution in [3.8, 4) is 5.75 Å². The second kappa shape index (κ2) is 9.85. The number of β-amino-alcohol motifs (C(OH)–C–C–N with tert-alkyl or cyclic N) is 1. The largest absolute Gasteiger partial charge is 0.491 e. The highest BCUT2D eigenvalue weighted by Gasteiger charge is 2.26. The summed E-state index contributed by atoms with van der Waals surface area (Å²) in [6.45, 7) is 6.81. The van der Waals surface area contributed by atoms with Gasteiger partial charge in [0.1, 0.15) is 18.5 Å². The van der Waals surface area contributed by atoms with Crippen LogP contribution in [0.4, 0.5) is 0 Å². The molecule has 0 spiro atoms. The zero-order chi connectivity index (χ0) is 19.9. The maximum atomic E-state index is 12.6. The number of carbonyl (C=O) groups excluding carboxylic acids is 1. The maximum Gasteiger partial charge on any atom is 0.166 e. The van der Waals surface area contributed by atoms with Crippen molar-refractivity contribution in [3.63, 3.8) is 0 Å². The molecule has 150 valence electrons. The number of ketones is 1. The van der Waals surface area contributed by atoms with Gasteiger partial charge in [0.25, 0.3) is 0 Å². The number of piperidine rings is 1. The fourth-order valence-corrected chi connectivity index (χ4v) is 3.84. The van der Waals surface area contributed by atoms with Crippen molar-refractivity contribution in [3.05, 3.63) is 65.7 Å². The van der Waals surface area contributed by atoms with Gasteiger partial charge in [0, 0.05) is 18.0 Å². The minimum Gasteiger partial charge on any atom is -0.491 e. The smallest absolute Gasteiger partial charge is 0.166 e. The monoisotopic (exact) mass is 381 g/mol. The molecule has 4 nitrogen and oxygen atoms in total. The van der Waals surface area contributed by atoms with E-state index in [0.29, 0.717) is 12.5 Å². The molecule has 1 saturated heterocycles. The fourth-order valence-electron chi connectivity index (χ4n) is 3.84. The lowest BCUT2D eigenvalue weighted by Gasteiger charge is -2.32. The Morgan fingerprint density at radius 3 is 2.39 bits per heavy atom. The van der Waals surface area contributed by atoms with E-state index >= 15 is 0 Å². The molecule has 0 aromatic heterocycles. The third kappa shape index (κ3) is 5.43. The lowest BCUT2D eigenvalue weighted by atomic mass is 9.89. The third-order valence-electron chi connectivity index (χ3n) is 5.46. The van der Waals surface area contributed by atoms with Crippen LogP contribution >= 0.6 is 0 Å².